The Morgan fingerprint density at radius 1 is 1.15 bits per heavy atom. The maximum absolute atomic E-state index is 11.4. The highest BCUT2D eigenvalue weighted by Crippen LogP contribution is 2.48. The molecule has 0 spiro atoms. The van der Waals surface area contributed by atoms with Crippen molar-refractivity contribution in [1.82, 2.24) is 0 Å². The molecule has 0 saturated carbocycles. The Morgan fingerprint density at radius 2 is 1.69 bits per heavy atom. The third kappa shape index (κ3) is 5.26. The molecule has 0 fully saturated rings. The van der Waals surface area contributed by atoms with Gasteiger partial charge in [-0.15, -0.1) is 9.53 Å². The Morgan fingerprint density at radius 3 is 2.08 bits per heavy atom. The van der Waals surface area contributed by atoms with Crippen molar-refractivity contribution in [3.63, 3.8) is 0 Å². The van der Waals surface area contributed by atoms with E-state index in [2.05, 4.69) is 9.53 Å². The molecule has 0 aromatic heterocycles. The SMILES string of the molecule is CCCCCP(=O)(N=C=O)N=C=O. The fourth-order valence-corrected chi connectivity index (χ4v) is 1.95. The molecule has 13 heavy (non-hydrogen) atoms. The summed E-state index contributed by atoms with van der Waals surface area (Å²) in [6.07, 6.45) is 4.91. The van der Waals surface area contributed by atoms with Gasteiger partial charge in [-0.1, -0.05) is 19.8 Å². The minimum absolute atomic E-state index is 0.144. The summed E-state index contributed by atoms with van der Waals surface area (Å²) in [5.74, 6) is 0. The summed E-state index contributed by atoms with van der Waals surface area (Å²) < 4.78 is 17.5. The van der Waals surface area contributed by atoms with Crippen LogP contribution >= 0.6 is 7.44 Å². The Labute approximate surface area is 76.4 Å². The van der Waals surface area contributed by atoms with Gasteiger partial charge in [0, 0.05) is 6.16 Å². The second-order valence-corrected chi connectivity index (χ2v) is 4.65. The van der Waals surface area contributed by atoms with Gasteiger partial charge >= 0.3 is 7.44 Å². The van der Waals surface area contributed by atoms with Gasteiger partial charge < -0.3 is 0 Å². The van der Waals surface area contributed by atoms with Crippen LogP contribution in [0.1, 0.15) is 26.2 Å². The summed E-state index contributed by atoms with van der Waals surface area (Å²) in [7, 11) is -3.35. The third-order valence-electron chi connectivity index (χ3n) is 1.45. The second-order valence-electron chi connectivity index (χ2n) is 2.48. The molecule has 0 aliphatic heterocycles. The molecule has 72 valence electrons. The fraction of sp³-hybridized carbons (Fsp3) is 0.714. The molecule has 0 amide bonds. The number of hydrogen-bond donors (Lipinski definition) is 0. The highest BCUT2D eigenvalue weighted by Gasteiger charge is 2.18. The highest BCUT2D eigenvalue weighted by atomic mass is 31.2. The van der Waals surface area contributed by atoms with E-state index in [4.69, 9.17) is 0 Å². The molecule has 0 radical (unpaired) electrons. The number of rotatable bonds is 6. The van der Waals surface area contributed by atoms with E-state index in [-0.39, 0.29) is 6.16 Å². The molecule has 0 heterocycles. The average molecular weight is 202 g/mol. The Hall–Kier alpha value is -1.01. The van der Waals surface area contributed by atoms with Gasteiger partial charge in [0.05, 0.1) is 0 Å². The molecule has 0 saturated heterocycles. The van der Waals surface area contributed by atoms with E-state index in [9.17, 15) is 14.2 Å². The van der Waals surface area contributed by atoms with Gasteiger partial charge in [0.2, 0.25) is 12.2 Å². The van der Waals surface area contributed by atoms with Gasteiger partial charge in [0.1, 0.15) is 0 Å². The van der Waals surface area contributed by atoms with Gasteiger partial charge in [-0.2, -0.15) is 0 Å². The molecule has 0 atom stereocenters. The molecule has 0 aliphatic carbocycles. The van der Waals surface area contributed by atoms with E-state index in [1.807, 2.05) is 6.92 Å². The zero-order valence-corrected chi connectivity index (χ0v) is 8.29. The molecule has 0 N–H and O–H groups in total. The molecule has 5 nitrogen and oxygen atoms in total. The van der Waals surface area contributed by atoms with Crippen LogP contribution in [0, 0.1) is 0 Å². The maximum atomic E-state index is 11.4. The zero-order valence-electron chi connectivity index (χ0n) is 7.39. The van der Waals surface area contributed by atoms with Crippen molar-refractivity contribution in [3.05, 3.63) is 0 Å². The predicted octanol–water partition coefficient (Wildman–Crippen LogP) is 2.04. The van der Waals surface area contributed by atoms with E-state index >= 15 is 0 Å². The van der Waals surface area contributed by atoms with Crippen LogP contribution in [-0.2, 0) is 14.2 Å². The largest absolute Gasteiger partial charge is 0.319 e. The molecular weight excluding hydrogens is 191 g/mol. The van der Waals surface area contributed by atoms with Crippen LogP contribution in [0.3, 0.4) is 0 Å². The molecular formula is C7H11N2O3P. The molecule has 0 aromatic carbocycles. The first-order valence-electron chi connectivity index (χ1n) is 3.96. The topological polar surface area (TPSA) is 75.9 Å². The van der Waals surface area contributed by atoms with Crippen molar-refractivity contribution in [2.75, 3.05) is 6.16 Å². The van der Waals surface area contributed by atoms with Gasteiger partial charge in [-0.3, -0.25) is 4.57 Å². The standard InChI is InChI=1S/C7H11N2O3P/c1-2-3-4-5-13(12,8-6-10)9-7-11/h2-5H2,1H3. The van der Waals surface area contributed by atoms with Gasteiger partial charge in [0.15, 0.2) is 0 Å². The number of isocyanates is 2. The van der Waals surface area contributed by atoms with E-state index in [1.165, 1.54) is 0 Å². The summed E-state index contributed by atoms with van der Waals surface area (Å²) in [5, 5.41) is 0. The Bertz CT molecular complexity index is 268. The third-order valence-corrected chi connectivity index (χ3v) is 3.13. The zero-order chi connectivity index (χ0) is 10.2. The summed E-state index contributed by atoms with van der Waals surface area (Å²) >= 11 is 0. The lowest BCUT2D eigenvalue weighted by Gasteiger charge is -2.01. The lowest BCUT2D eigenvalue weighted by Crippen LogP contribution is -1.85. The number of carbonyl (C=O) groups excluding carboxylic acids is 2. The number of unbranched alkanes of at least 4 members (excludes halogenated alkanes) is 2. The molecule has 0 aromatic rings. The molecule has 6 heteroatoms. The van der Waals surface area contributed by atoms with E-state index < -0.39 is 7.44 Å². The Balaban J connectivity index is 4.34. The molecule has 0 aliphatic rings. The highest BCUT2D eigenvalue weighted by molar-refractivity contribution is 7.61. The van der Waals surface area contributed by atoms with Crippen LogP contribution in [-0.4, -0.2) is 18.3 Å². The minimum atomic E-state index is -3.35. The summed E-state index contributed by atoms with van der Waals surface area (Å²) in [6.45, 7) is 1.98. The maximum Gasteiger partial charge on any atom is 0.319 e. The van der Waals surface area contributed by atoms with Crippen LogP contribution in [0.15, 0.2) is 9.53 Å². The second kappa shape index (κ2) is 6.50. The van der Waals surface area contributed by atoms with Gasteiger partial charge in [-0.05, 0) is 6.42 Å². The Kier molecular flexibility index (Phi) is 5.99. The van der Waals surface area contributed by atoms with Gasteiger partial charge in [-0.25, -0.2) is 9.59 Å². The normalized spacial score (nSPS) is 13.6. The van der Waals surface area contributed by atoms with Crippen molar-refractivity contribution in [2.45, 2.75) is 26.2 Å². The van der Waals surface area contributed by atoms with Crippen LogP contribution < -0.4 is 0 Å². The van der Waals surface area contributed by atoms with Gasteiger partial charge in [0.25, 0.3) is 0 Å². The van der Waals surface area contributed by atoms with Crippen molar-refractivity contribution >= 4 is 19.6 Å². The first kappa shape index (κ1) is 12.0. The van der Waals surface area contributed by atoms with Crippen LogP contribution in [0.2, 0.25) is 0 Å². The minimum Gasteiger partial charge on any atom is -0.271 e. The molecule has 0 bridgehead atoms. The number of nitrogens with zero attached hydrogens (tertiary/aromatic N) is 2. The summed E-state index contributed by atoms with van der Waals surface area (Å²) in [5.41, 5.74) is 0. The lowest BCUT2D eigenvalue weighted by molar-refractivity contribution is 0.557. The van der Waals surface area contributed by atoms with E-state index in [1.54, 1.807) is 0 Å². The fourth-order valence-electron chi connectivity index (χ4n) is 0.818. The summed E-state index contributed by atoms with van der Waals surface area (Å²) in [6, 6.07) is 0. The summed E-state index contributed by atoms with van der Waals surface area (Å²) in [4.78, 5) is 19.7. The lowest BCUT2D eigenvalue weighted by atomic mass is 10.3. The monoisotopic (exact) mass is 202 g/mol. The smallest absolute Gasteiger partial charge is 0.271 e. The average Bonchev–Trinajstić information content (AvgIpc) is 2.05. The van der Waals surface area contributed by atoms with Crippen LogP contribution in [0.25, 0.3) is 0 Å². The van der Waals surface area contributed by atoms with Crippen molar-refractivity contribution < 1.29 is 14.2 Å². The molecule has 0 rings (SSSR count). The molecule has 0 unspecified atom stereocenters. The quantitative estimate of drug-likeness (QED) is 0.286. The van der Waals surface area contributed by atoms with Crippen LogP contribution in [0.5, 0.6) is 0 Å². The number of hydrogen-bond acceptors (Lipinski definition) is 3. The first-order valence-corrected chi connectivity index (χ1v) is 5.76. The van der Waals surface area contributed by atoms with Crippen molar-refractivity contribution in [2.24, 2.45) is 9.53 Å². The van der Waals surface area contributed by atoms with Crippen molar-refractivity contribution in [1.29, 1.82) is 0 Å². The predicted molar refractivity (Wildman–Crippen MR) is 48.2 cm³/mol. The van der Waals surface area contributed by atoms with E-state index in [0.29, 0.717) is 6.42 Å². The van der Waals surface area contributed by atoms with Crippen molar-refractivity contribution in [3.8, 4) is 0 Å². The first-order chi connectivity index (χ1) is 6.18. The van der Waals surface area contributed by atoms with E-state index in [0.717, 1.165) is 25.0 Å². The van der Waals surface area contributed by atoms with Crippen LogP contribution in [0.4, 0.5) is 0 Å².